The Morgan fingerprint density at radius 2 is 1.46 bits per heavy atom. The van der Waals surface area contributed by atoms with E-state index < -0.39 is 32.1 Å². The lowest BCUT2D eigenvalue weighted by molar-refractivity contribution is -0.394. The number of non-ortho nitro benzene ring substituents is 2. The van der Waals surface area contributed by atoms with Gasteiger partial charge in [-0.05, 0) is 42.0 Å². The number of amides is 1. The molecule has 3 aromatic carbocycles. The second-order valence-electron chi connectivity index (χ2n) is 6.68. The fourth-order valence-electron chi connectivity index (χ4n) is 2.78. The first kappa shape index (κ1) is 24.2. The first-order valence-electron chi connectivity index (χ1n) is 9.56. The molecule has 0 aliphatic rings. The number of nitro benzene ring substituents is 3. The molecule has 0 bridgehead atoms. The number of benzene rings is 3. The van der Waals surface area contributed by atoms with Crippen LogP contribution in [-0.2, 0) is 0 Å². The first-order valence-corrected chi connectivity index (χ1v) is 9.56. The summed E-state index contributed by atoms with van der Waals surface area (Å²) in [7, 11) is 1.34. The molecule has 0 fully saturated rings. The molecular formula is C21H15N5O9. The maximum atomic E-state index is 12.1. The summed E-state index contributed by atoms with van der Waals surface area (Å²) in [5.74, 6) is -0.552. The minimum Gasteiger partial charge on any atom is -0.493 e. The van der Waals surface area contributed by atoms with E-state index in [0.717, 1.165) is 18.2 Å². The zero-order chi connectivity index (χ0) is 25.5. The summed E-state index contributed by atoms with van der Waals surface area (Å²) < 4.78 is 10.8. The average molecular weight is 481 g/mol. The number of hydrogen-bond acceptors (Lipinski definition) is 10. The fraction of sp³-hybridized carbons (Fsp3) is 0.0476. The molecule has 0 atom stereocenters. The molecule has 1 amide bonds. The summed E-state index contributed by atoms with van der Waals surface area (Å²) >= 11 is 0. The van der Waals surface area contributed by atoms with E-state index in [1.54, 1.807) is 0 Å². The van der Waals surface area contributed by atoms with Crippen LogP contribution in [0.3, 0.4) is 0 Å². The smallest absolute Gasteiger partial charge is 0.318 e. The van der Waals surface area contributed by atoms with Crippen molar-refractivity contribution in [2.24, 2.45) is 5.10 Å². The molecule has 178 valence electrons. The summed E-state index contributed by atoms with van der Waals surface area (Å²) in [5.41, 5.74) is 1.70. The highest BCUT2D eigenvalue weighted by Gasteiger charge is 2.22. The zero-order valence-electron chi connectivity index (χ0n) is 17.8. The maximum absolute atomic E-state index is 12.1. The van der Waals surface area contributed by atoms with Crippen molar-refractivity contribution >= 4 is 29.2 Å². The van der Waals surface area contributed by atoms with Crippen LogP contribution in [0.5, 0.6) is 17.2 Å². The Labute approximate surface area is 195 Å². The monoisotopic (exact) mass is 481 g/mol. The number of carbonyl (C=O) groups excluding carboxylic acids is 1. The van der Waals surface area contributed by atoms with E-state index in [2.05, 4.69) is 10.5 Å². The Morgan fingerprint density at radius 3 is 2.06 bits per heavy atom. The van der Waals surface area contributed by atoms with E-state index in [4.69, 9.17) is 9.47 Å². The number of ether oxygens (including phenoxy) is 2. The van der Waals surface area contributed by atoms with Gasteiger partial charge in [-0.2, -0.15) is 5.10 Å². The molecule has 0 aromatic heterocycles. The van der Waals surface area contributed by atoms with Crippen LogP contribution in [0.25, 0.3) is 0 Å². The Morgan fingerprint density at radius 1 is 0.829 bits per heavy atom. The summed E-state index contributed by atoms with van der Waals surface area (Å²) in [5, 5.41) is 36.7. The molecule has 0 heterocycles. The minimum absolute atomic E-state index is 0.0940. The highest BCUT2D eigenvalue weighted by molar-refractivity contribution is 5.95. The second-order valence-corrected chi connectivity index (χ2v) is 6.68. The van der Waals surface area contributed by atoms with E-state index in [9.17, 15) is 35.1 Å². The van der Waals surface area contributed by atoms with Gasteiger partial charge in [0.2, 0.25) is 5.75 Å². The van der Waals surface area contributed by atoms with E-state index in [1.807, 2.05) is 0 Å². The van der Waals surface area contributed by atoms with Crippen LogP contribution in [0.1, 0.15) is 15.9 Å². The van der Waals surface area contributed by atoms with Gasteiger partial charge in [-0.25, -0.2) is 5.43 Å². The van der Waals surface area contributed by atoms with Crippen molar-refractivity contribution in [2.75, 3.05) is 7.11 Å². The highest BCUT2D eigenvalue weighted by Crippen LogP contribution is 2.38. The van der Waals surface area contributed by atoms with E-state index in [1.165, 1.54) is 55.8 Å². The van der Waals surface area contributed by atoms with Crippen molar-refractivity contribution in [3.8, 4) is 17.2 Å². The highest BCUT2D eigenvalue weighted by atomic mass is 16.6. The van der Waals surface area contributed by atoms with Gasteiger partial charge in [-0.3, -0.25) is 35.1 Å². The lowest BCUT2D eigenvalue weighted by Crippen LogP contribution is -2.17. The molecule has 14 heteroatoms. The van der Waals surface area contributed by atoms with Crippen LogP contribution in [0, 0.1) is 30.3 Å². The number of nitrogens with zero attached hydrogens (tertiary/aromatic N) is 4. The largest absolute Gasteiger partial charge is 0.493 e. The van der Waals surface area contributed by atoms with E-state index in [-0.39, 0.29) is 28.5 Å². The number of nitrogens with one attached hydrogen (secondary N) is 1. The number of hydrazone groups is 1. The Hall–Kier alpha value is -5.40. The molecule has 0 aliphatic heterocycles. The third-order valence-electron chi connectivity index (χ3n) is 4.48. The molecular weight excluding hydrogens is 466 g/mol. The van der Waals surface area contributed by atoms with E-state index in [0.29, 0.717) is 5.56 Å². The van der Waals surface area contributed by atoms with Gasteiger partial charge in [0.1, 0.15) is 0 Å². The number of methoxy groups -OCH3 is 1. The molecule has 1 N–H and O–H groups in total. The van der Waals surface area contributed by atoms with Crippen molar-refractivity contribution in [3.05, 3.63) is 102 Å². The van der Waals surface area contributed by atoms with Crippen molar-refractivity contribution in [3.63, 3.8) is 0 Å². The van der Waals surface area contributed by atoms with Gasteiger partial charge >= 0.3 is 5.69 Å². The SMILES string of the molecule is COc1cc(C=NNC(=O)c2ccc([N+](=O)[O-])cc2)ccc1Oc1ccc([N+](=O)[O-])cc1[N+](=O)[O-]. The molecule has 0 radical (unpaired) electrons. The van der Waals surface area contributed by atoms with Gasteiger partial charge in [0.25, 0.3) is 17.3 Å². The molecule has 0 spiro atoms. The summed E-state index contributed by atoms with van der Waals surface area (Å²) in [6, 6.07) is 12.4. The summed E-state index contributed by atoms with van der Waals surface area (Å²) in [4.78, 5) is 42.8. The molecule has 0 aliphatic carbocycles. The Kier molecular flexibility index (Phi) is 7.26. The summed E-state index contributed by atoms with van der Waals surface area (Å²) in [6.07, 6.45) is 1.30. The topological polar surface area (TPSA) is 189 Å². The molecule has 35 heavy (non-hydrogen) atoms. The lowest BCUT2D eigenvalue weighted by Gasteiger charge is -2.11. The minimum atomic E-state index is -0.802. The second kappa shape index (κ2) is 10.5. The Bertz CT molecular complexity index is 1340. The van der Waals surface area contributed by atoms with Crippen LogP contribution in [0.4, 0.5) is 17.1 Å². The van der Waals surface area contributed by atoms with Crippen molar-refractivity contribution in [1.29, 1.82) is 0 Å². The van der Waals surface area contributed by atoms with Gasteiger partial charge in [-0.15, -0.1) is 0 Å². The van der Waals surface area contributed by atoms with E-state index >= 15 is 0 Å². The molecule has 3 rings (SSSR count). The summed E-state index contributed by atoms with van der Waals surface area (Å²) in [6.45, 7) is 0. The standard InChI is InChI=1S/C21H15N5O9/c1-34-20-10-13(12-22-23-21(27)14-3-5-15(6-4-14)24(28)29)2-8-19(20)35-18-9-7-16(25(30)31)11-17(18)26(32)33/h2-12H,1H3,(H,23,27). The number of hydrogen-bond donors (Lipinski definition) is 1. The third kappa shape index (κ3) is 5.89. The van der Waals surface area contributed by atoms with Gasteiger partial charge in [-0.1, -0.05) is 0 Å². The fourth-order valence-corrected chi connectivity index (χ4v) is 2.78. The van der Waals surface area contributed by atoms with Crippen LogP contribution >= 0.6 is 0 Å². The van der Waals surface area contributed by atoms with Crippen molar-refractivity contribution in [2.45, 2.75) is 0 Å². The van der Waals surface area contributed by atoms with Crippen molar-refractivity contribution < 1.29 is 29.0 Å². The van der Waals surface area contributed by atoms with Crippen LogP contribution in [0.15, 0.2) is 65.8 Å². The predicted molar refractivity (Wildman–Crippen MR) is 121 cm³/mol. The third-order valence-corrected chi connectivity index (χ3v) is 4.48. The number of nitro groups is 3. The van der Waals surface area contributed by atoms with Gasteiger partial charge in [0.15, 0.2) is 11.5 Å². The lowest BCUT2D eigenvalue weighted by atomic mass is 10.2. The van der Waals surface area contributed by atoms with Gasteiger partial charge in [0.05, 0.1) is 34.2 Å². The van der Waals surface area contributed by atoms with Crippen molar-refractivity contribution in [1.82, 2.24) is 5.43 Å². The van der Waals surface area contributed by atoms with Gasteiger partial charge < -0.3 is 9.47 Å². The molecule has 0 saturated carbocycles. The van der Waals surface area contributed by atoms with Crippen LogP contribution in [-0.4, -0.2) is 34.0 Å². The molecule has 0 saturated heterocycles. The number of rotatable bonds is 9. The number of carbonyl (C=O) groups is 1. The Balaban J connectivity index is 1.74. The first-order chi connectivity index (χ1) is 16.7. The molecule has 0 unspecified atom stereocenters. The van der Waals surface area contributed by atoms with Crippen LogP contribution in [0.2, 0.25) is 0 Å². The predicted octanol–water partition coefficient (Wildman–Crippen LogP) is 3.98. The molecule has 14 nitrogen and oxygen atoms in total. The normalized spacial score (nSPS) is 10.5. The van der Waals surface area contributed by atoms with Crippen LogP contribution < -0.4 is 14.9 Å². The maximum Gasteiger partial charge on any atom is 0.318 e. The zero-order valence-corrected chi connectivity index (χ0v) is 17.8. The quantitative estimate of drug-likeness (QED) is 0.268. The van der Waals surface area contributed by atoms with Gasteiger partial charge in [0, 0.05) is 23.8 Å². The molecule has 3 aromatic rings. The average Bonchev–Trinajstić information content (AvgIpc) is 2.84.